The highest BCUT2D eigenvalue weighted by Gasteiger charge is 2.18. The summed E-state index contributed by atoms with van der Waals surface area (Å²) in [7, 11) is -3.85. The van der Waals surface area contributed by atoms with Crippen LogP contribution in [0.25, 0.3) is 16.9 Å². The minimum atomic E-state index is -3.85. The largest absolute Gasteiger partial charge is 0.306 e. The number of nitrogens with zero attached hydrogens (tertiary/aromatic N) is 2. The van der Waals surface area contributed by atoms with E-state index in [0.29, 0.717) is 10.7 Å². The van der Waals surface area contributed by atoms with Crippen molar-refractivity contribution in [3.63, 3.8) is 0 Å². The molecule has 5 nitrogen and oxygen atoms in total. The quantitative estimate of drug-likeness (QED) is 0.501. The third-order valence-electron chi connectivity index (χ3n) is 3.98. The van der Waals surface area contributed by atoms with Gasteiger partial charge >= 0.3 is 0 Å². The van der Waals surface area contributed by atoms with Gasteiger partial charge in [0.25, 0.3) is 10.0 Å². The van der Waals surface area contributed by atoms with E-state index < -0.39 is 10.0 Å². The molecule has 0 aliphatic carbocycles. The summed E-state index contributed by atoms with van der Waals surface area (Å²) in [5.41, 5.74) is 2.93. The van der Waals surface area contributed by atoms with Crippen LogP contribution in [-0.2, 0) is 10.0 Å². The summed E-state index contributed by atoms with van der Waals surface area (Å²) in [6.45, 7) is 0. The number of pyridine rings is 1. The Hall–Kier alpha value is -2.54. The molecule has 0 radical (unpaired) electrons. The van der Waals surface area contributed by atoms with Crippen LogP contribution >= 0.6 is 23.2 Å². The van der Waals surface area contributed by atoms with Gasteiger partial charge in [-0.15, -0.1) is 0 Å². The Labute approximate surface area is 166 Å². The van der Waals surface area contributed by atoms with Crippen LogP contribution in [0.3, 0.4) is 0 Å². The molecule has 2 aromatic heterocycles. The van der Waals surface area contributed by atoms with Crippen molar-refractivity contribution in [3.05, 3.63) is 83.1 Å². The number of aromatic nitrogens is 2. The molecule has 4 rings (SSSR count). The molecule has 0 bridgehead atoms. The van der Waals surface area contributed by atoms with Gasteiger partial charge in [-0.2, -0.15) is 0 Å². The molecule has 2 heterocycles. The van der Waals surface area contributed by atoms with Crippen LogP contribution in [0.5, 0.6) is 0 Å². The molecule has 8 heteroatoms. The lowest BCUT2D eigenvalue weighted by molar-refractivity contribution is 0.601. The molecule has 0 unspecified atom stereocenters. The molecule has 1 N–H and O–H groups in total. The maximum atomic E-state index is 12.6. The average molecular weight is 418 g/mol. The Morgan fingerprint density at radius 1 is 0.963 bits per heavy atom. The Kier molecular flexibility index (Phi) is 4.55. The van der Waals surface area contributed by atoms with Crippen LogP contribution in [0.15, 0.2) is 78.0 Å². The van der Waals surface area contributed by atoms with Crippen molar-refractivity contribution in [2.75, 3.05) is 4.72 Å². The number of benzene rings is 2. The van der Waals surface area contributed by atoms with Crippen molar-refractivity contribution < 1.29 is 8.42 Å². The van der Waals surface area contributed by atoms with E-state index in [4.69, 9.17) is 23.2 Å². The molecule has 0 saturated heterocycles. The monoisotopic (exact) mass is 417 g/mol. The lowest BCUT2D eigenvalue weighted by Crippen LogP contribution is -2.13. The first-order valence-electron chi connectivity index (χ1n) is 7.94. The van der Waals surface area contributed by atoms with E-state index in [1.54, 1.807) is 24.3 Å². The fraction of sp³-hybridized carbons (Fsp3) is 0. The number of halogens is 2. The van der Waals surface area contributed by atoms with Crippen molar-refractivity contribution in [1.82, 2.24) is 9.38 Å². The van der Waals surface area contributed by atoms with Crippen LogP contribution in [0, 0.1) is 0 Å². The van der Waals surface area contributed by atoms with E-state index in [0.717, 1.165) is 16.9 Å². The van der Waals surface area contributed by atoms with Gasteiger partial charge in [0.2, 0.25) is 0 Å². The van der Waals surface area contributed by atoms with Crippen LogP contribution in [0.4, 0.5) is 5.69 Å². The van der Waals surface area contributed by atoms with Gasteiger partial charge in [0, 0.05) is 28.7 Å². The Bertz CT molecular complexity index is 1200. The highest BCUT2D eigenvalue weighted by Crippen LogP contribution is 2.28. The van der Waals surface area contributed by atoms with Gasteiger partial charge in [-0.1, -0.05) is 41.4 Å². The van der Waals surface area contributed by atoms with E-state index in [1.165, 1.54) is 18.2 Å². The normalized spacial score (nSPS) is 11.6. The second kappa shape index (κ2) is 6.88. The number of nitrogens with one attached hydrogen (secondary N) is 1. The minimum Gasteiger partial charge on any atom is -0.306 e. The molecule has 136 valence electrons. The third kappa shape index (κ3) is 3.64. The summed E-state index contributed by atoms with van der Waals surface area (Å²) in [5, 5.41) is 0.398. The second-order valence-electron chi connectivity index (χ2n) is 5.85. The number of sulfonamides is 1. The van der Waals surface area contributed by atoms with Gasteiger partial charge in [0.15, 0.2) is 0 Å². The topological polar surface area (TPSA) is 63.5 Å². The SMILES string of the molecule is O=S(=O)(Nc1ccc(-c2cn3ccccc3n2)cc1)c1cc(Cl)ccc1Cl. The van der Waals surface area contributed by atoms with Crippen molar-refractivity contribution in [2.24, 2.45) is 0 Å². The highest BCUT2D eigenvalue weighted by atomic mass is 35.5. The van der Waals surface area contributed by atoms with Crippen molar-refractivity contribution in [2.45, 2.75) is 4.90 Å². The summed E-state index contributed by atoms with van der Waals surface area (Å²) in [6, 6.07) is 17.0. The Morgan fingerprint density at radius 2 is 1.74 bits per heavy atom. The predicted octanol–water partition coefficient (Wildman–Crippen LogP) is 5.11. The third-order valence-corrected chi connectivity index (χ3v) is 6.08. The molecular formula is C19H13Cl2N3O2S. The number of rotatable bonds is 4. The first-order valence-corrected chi connectivity index (χ1v) is 10.2. The van der Waals surface area contributed by atoms with Crippen LogP contribution in [0.2, 0.25) is 10.0 Å². The number of hydrogen-bond acceptors (Lipinski definition) is 3. The molecule has 2 aromatic carbocycles. The molecule has 0 fully saturated rings. The van der Waals surface area contributed by atoms with Gasteiger partial charge in [-0.25, -0.2) is 13.4 Å². The maximum Gasteiger partial charge on any atom is 0.263 e. The van der Waals surface area contributed by atoms with E-state index in [9.17, 15) is 8.42 Å². The molecule has 0 saturated carbocycles. The Morgan fingerprint density at radius 3 is 2.48 bits per heavy atom. The molecule has 27 heavy (non-hydrogen) atoms. The fourth-order valence-electron chi connectivity index (χ4n) is 2.68. The fourth-order valence-corrected chi connectivity index (χ4v) is 4.50. The number of fused-ring (bicyclic) bond motifs is 1. The maximum absolute atomic E-state index is 12.6. The summed E-state index contributed by atoms with van der Waals surface area (Å²) in [4.78, 5) is 4.48. The molecule has 0 aliphatic heterocycles. The summed E-state index contributed by atoms with van der Waals surface area (Å²) in [6.07, 6.45) is 3.84. The lowest BCUT2D eigenvalue weighted by atomic mass is 10.1. The van der Waals surface area contributed by atoms with Crippen molar-refractivity contribution >= 4 is 44.6 Å². The van der Waals surface area contributed by atoms with E-state index in [2.05, 4.69) is 9.71 Å². The van der Waals surface area contributed by atoms with Crippen molar-refractivity contribution in [3.8, 4) is 11.3 Å². The van der Waals surface area contributed by atoms with Gasteiger partial charge < -0.3 is 4.40 Å². The standard InChI is InChI=1S/C19H13Cl2N3O2S/c20-14-6-9-16(21)18(11-14)27(25,26)23-15-7-4-13(5-8-15)17-12-24-10-2-1-3-19(24)22-17/h1-12,23H. The number of imidazole rings is 1. The van der Waals surface area contributed by atoms with E-state index >= 15 is 0 Å². The van der Waals surface area contributed by atoms with E-state index in [-0.39, 0.29) is 9.92 Å². The number of hydrogen-bond donors (Lipinski definition) is 1. The molecule has 0 spiro atoms. The molecule has 0 atom stereocenters. The van der Waals surface area contributed by atoms with Crippen molar-refractivity contribution in [1.29, 1.82) is 0 Å². The molecule has 0 amide bonds. The lowest BCUT2D eigenvalue weighted by Gasteiger charge is -2.10. The van der Waals surface area contributed by atoms with Crippen LogP contribution in [-0.4, -0.2) is 17.8 Å². The zero-order valence-corrected chi connectivity index (χ0v) is 16.1. The van der Waals surface area contributed by atoms with Crippen LogP contribution < -0.4 is 4.72 Å². The summed E-state index contributed by atoms with van der Waals surface area (Å²) >= 11 is 11.9. The molecule has 4 aromatic rings. The first kappa shape index (κ1) is 17.9. The Balaban J connectivity index is 1.61. The zero-order valence-electron chi connectivity index (χ0n) is 13.8. The zero-order chi connectivity index (χ0) is 19.0. The van der Waals surface area contributed by atoms with Crippen LogP contribution in [0.1, 0.15) is 0 Å². The highest BCUT2D eigenvalue weighted by molar-refractivity contribution is 7.92. The van der Waals surface area contributed by atoms with Gasteiger partial charge in [0.05, 0.1) is 10.7 Å². The van der Waals surface area contributed by atoms with Gasteiger partial charge in [0.1, 0.15) is 10.5 Å². The molecule has 0 aliphatic rings. The number of anilines is 1. The van der Waals surface area contributed by atoms with Gasteiger partial charge in [-0.3, -0.25) is 4.72 Å². The average Bonchev–Trinajstić information content (AvgIpc) is 3.08. The second-order valence-corrected chi connectivity index (χ2v) is 8.34. The summed E-state index contributed by atoms with van der Waals surface area (Å²) in [5.74, 6) is 0. The minimum absolute atomic E-state index is 0.0684. The first-order chi connectivity index (χ1) is 12.9. The molecular weight excluding hydrogens is 405 g/mol. The van der Waals surface area contributed by atoms with Gasteiger partial charge in [-0.05, 0) is 42.5 Å². The summed E-state index contributed by atoms with van der Waals surface area (Å²) < 4.78 is 29.6. The predicted molar refractivity (Wildman–Crippen MR) is 108 cm³/mol. The van der Waals surface area contributed by atoms with E-state index in [1.807, 2.05) is 35.0 Å². The smallest absolute Gasteiger partial charge is 0.263 e.